The van der Waals surface area contributed by atoms with Crippen LogP contribution in [0.25, 0.3) is 0 Å². The predicted molar refractivity (Wildman–Crippen MR) is 90.1 cm³/mol. The number of hydrogen-bond acceptors (Lipinski definition) is 5. The van der Waals surface area contributed by atoms with E-state index in [1.165, 1.54) is 0 Å². The van der Waals surface area contributed by atoms with Gasteiger partial charge < -0.3 is 9.64 Å². The van der Waals surface area contributed by atoms with Crippen LogP contribution in [0.4, 0.5) is 0 Å². The second kappa shape index (κ2) is 8.88. The molecule has 24 heavy (non-hydrogen) atoms. The summed E-state index contributed by atoms with van der Waals surface area (Å²) in [6.45, 7) is 3.40. The Kier molecular flexibility index (Phi) is 6.56. The largest absolute Gasteiger partial charge is 0.462 e. The number of ketones is 1. The number of benzene rings is 1. The highest BCUT2D eigenvalue weighted by molar-refractivity contribution is 6.00. The molecule has 0 atom stereocenters. The van der Waals surface area contributed by atoms with Crippen molar-refractivity contribution >= 4 is 11.8 Å². The molecule has 0 unspecified atom stereocenters. The van der Waals surface area contributed by atoms with Gasteiger partial charge >= 0.3 is 5.97 Å². The molecular weight excluding hydrogens is 304 g/mol. The lowest BCUT2D eigenvalue weighted by molar-refractivity contribution is -0.138. The zero-order valence-electron chi connectivity index (χ0n) is 14.0. The first-order valence-electron chi connectivity index (χ1n) is 8.31. The summed E-state index contributed by atoms with van der Waals surface area (Å²) in [5, 5.41) is 9.46. The number of carbonyl (C=O) groups excluding carboxylic acids is 2. The van der Waals surface area contributed by atoms with Crippen molar-refractivity contribution < 1.29 is 14.3 Å². The summed E-state index contributed by atoms with van der Waals surface area (Å²) in [7, 11) is 0. The van der Waals surface area contributed by atoms with Crippen LogP contribution < -0.4 is 0 Å². The normalized spacial score (nSPS) is 15.2. The molecule has 1 saturated heterocycles. The maximum atomic E-state index is 12.6. The number of Topliss-reactive ketones (excluding diaryl/α,β-unsaturated/α-hetero) is 1. The molecule has 1 aliphatic heterocycles. The molecule has 0 amide bonds. The molecule has 5 nitrogen and oxygen atoms in total. The molecule has 1 fully saturated rings. The van der Waals surface area contributed by atoms with Crippen molar-refractivity contribution in [3.63, 3.8) is 0 Å². The fraction of sp³-hybridized carbons (Fsp3) is 0.421. The van der Waals surface area contributed by atoms with Crippen molar-refractivity contribution in [3.05, 3.63) is 47.2 Å². The van der Waals surface area contributed by atoms with E-state index in [9.17, 15) is 14.9 Å². The molecule has 1 aromatic rings. The van der Waals surface area contributed by atoms with Gasteiger partial charge in [-0.3, -0.25) is 4.79 Å². The maximum Gasteiger partial charge on any atom is 0.350 e. The summed E-state index contributed by atoms with van der Waals surface area (Å²) < 4.78 is 5.00. The first kappa shape index (κ1) is 17.7. The van der Waals surface area contributed by atoms with E-state index < -0.39 is 5.97 Å². The van der Waals surface area contributed by atoms with Gasteiger partial charge in [-0.25, -0.2) is 4.79 Å². The molecule has 2 rings (SSSR count). The van der Waals surface area contributed by atoms with Crippen LogP contribution >= 0.6 is 0 Å². The van der Waals surface area contributed by atoms with Gasteiger partial charge in [-0.2, -0.15) is 5.26 Å². The Morgan fingerprint density at radius 2 is 1.83 bits per heavy atom. The summed E-state index contributed by atoms with van der Waals surface area (Å²) >= 11 is 0. The zero-order chi connectivity index (χ0) is 17.4. The van der Waals surface area contributed by atoms with Gasteiger partial charge in [0, 0.05) is 24.4 Å². The minimum absolute atomic E-state index is 0.0335. The Hall–Kier alpha value is -2.61. The molecule has 0 aromatic heterocycles. The lowest BCUT2D eigenvalue weighted by Crippen LogP contribution is -2.32. The van der Waals surface area contributed by atoms with Gasteiger partial charge in [-0.1, -0.05) is 30.3 Å². The van der Waals surface area contributed by atoms with Crippen LogP contribution in [0.1, 0.15) is 43.0 Å². The van der Waals surface area contributed by atoms with Crippen LogP contribution in [0.2, 0.25) is 0 Å². The maximum absolute atomic E-state index is 12.6. The number of piperidine rings is 1. The number of likely N-dealkylation sites (tertiary alicyclic amines) is 1. The summed E-state index contributed by atoms with van der Waals surface area (Å²) in [4.78, 5) is 26.7. The molecule has 1 aromatic carbocycles. The van der Waals surface area contributed by atoms with Gasteiger partial charge in [-0.05, 0) is 26.2 Å². The van der Waals surface area contributed by atoms with Crippen molar-refractivity contribution in [1.82, 2.24) is 4.90 Å². The van der Waals surface area contributed by atoms with E-state index in [2.05, 4.69) is 0 Å². The first-order valence-corrected chi connectivity index (χ1v) is 8.31. The summed E-state index contributed by atoms with van der Waals surface area (Å²) in [6.07, 6.45) is 3.14. The number of allylic oxidation sites excluding steroid dienone is 1. The quantitative estimate of drug-likeness (QED) is 0.348. The van der Waals surface area contributed by atoms with Crippen molar-refractivity contribution in [2.75, 3.05) is 19.7 Å². The molecule has 5 heteroatoms. The predicted octanol–water partition coefficient (Wildman–Crippen LogP) is 3.09. The monoisotopic (exact) mass is 326 g/mol. The lowest BCUT2D eigenvalue weighted by atomic mass is 10.0. The van der Waals surface area contributed by atoms with Gasteiger partial charge in [0.05, 0.1) is 13.0 Å². The van der Waals surface area contributed by atoms with E-state index in [0.717, 1.165) is 32.4 Å². The van der Waals surface area contributed by atoms with E-state index >= 15 is 0 Å². The first-order chi connectivity index (χ1) is 11.7. The van der Waals surface area contributed by atoms with Crippen molar-refractivity contribution in [3.8, 4) is 6.07 Å². The van der Waals surface area contributed by atoms with Gasteiger partial charge in [-0.15, -0.1) is 0 Å². The second-order valence-electron chi connectivity index (χ2n) is 5.67. The number of nitriles is 1. The number of ether oxygens (including phenoxy) is 1. The topological polar surface area (TPSA) is 70.4 Å². The van der Waals surface area contributed by atoms with Crippen LogP contribution in [0.3, 0.4) is 0 Å². The van der Waals surface area contributed by atoms with Crippen LogP contribution in [-0.4, -0.2) is 36.3 Å². The van der Waals surface area contributed by atoms with E-state index in [4.69, 9.17) is 4.74 Å². The standard InChI is InChI=1S/C19H22N2O3/c1-2-24-19(23)16(14-20)17(21-11-7-4-8-12-21)13-18(22)15-9-5-3-6-10-15/h3,5-6,9-10H,2,4,7-8,11-13H2,1H3/b17-16+. The average molecular weight is 326 g/mol. The van der Waals surface area contributed by atoms with Gasteiger partial charge in [0.1, 0.15) is 6.07 Å². The van der Waals surface area contributed by atoms with Crippen molar-refractivity contribution in [2.24, 2.45) is 0 Å². The van der Waals surface area contributed by atoms with Crippen LogP contribution in [0, 0.1) is 11.3 Å². The van der Waals surface area contributed by atoms with Crippen LogP contribution in [0.15, 0.2) is 41.6 Å². The fourth-order valence-electron chi connectivity index (χ4n) is 2.83. The number of nitrogens with zero attached hydrogens (tertiary/aromatic N) is 2. The van der Waals surface area contributed by atoms with Gasteiger partial charge in [0.15, 0.2) is 11.4 Å². The Balaban J connectivity index is 2.33. The second-order valence-corrected chi connectivity index (χ2v) is 5.67. The number of carbonyl (C=O) groups is 2. The Morgan fingerprint density at radius 1 is 1.17 bits per heavy atom. The summed E-state index contributed by atoms with van der Waals surface area (Å²) in [6, 6.07) is 10.9. The molecule has 0 N–H and O–H groups in total. The SMILES string of the molecule is CCOC(=O)/C(C#N)=C(\CC(=O)c1ccccc1)N1CCCCC1. The molecule has 0 bridgehead atoms. The molecular formula is C19H22N2O3. The third kappa shape index (κ3) is 4.45. The van der Waals surface area contributed by atoms with Gasteiger partial charge in [0.25, 0.3) is 0 Å². The Labute approximate surface area is 142 Å². The van der Waals surface area contributed by atoms with Crippen molar-refractivity contribution in [2.45, 2.75) is 32.6 Å². The molecule has 126 valence electrons. The lowest BCUT2D eigenvalue weighted by Gasteiger charge is -2.31. The van der Waals surface area contributed by atoms with Gasteiger partial charge in [0.2, 0.25) is 0 Å². The number of hydrogen-bond donors (Lipinski definition) is 0. The molecule has 1 heterocycles. The smallest absolute Gasteiger partial charge is 0.350 e. The summed E-state index contributed by atoms with van der Waals surface area (Å²) in [5.41, 5.74) is 1.01. The number of rotatable bonds is 6. The third-order valence-electron chi connectivity index (χ3n) is 4.04. The van der Waals surface area contributed by atoms with Crippen LogP contribution in [0.5, 0.6) is 0 Å². The third-order valence-corrected chi connectivity index (χ3v) is 4.04. The molecule has 0 spiro atoms. The fourth-order valence-corrected chi connectivity index (χ4v) is 2.83. The summed E-state index contributed by atoms with van der Waals surface area (Å²) in [5.74, 6) is -0.755. The van der Waals surface area contributed by atoms with E-state index in [1.807, 2.05) is 17.0 Å². The molecule has 1 aliphatic rings. The van der Waals surface area contributed by atoms with E-state index in [0.29, 0.717) is 11.3 Å². The Bertz CT molecular complexity index is 653. The van der Waals surface area contributed by atoms with Crippen molar-refractivity contribution in [1.29, 1.82) is 5.26 Å². The highest BCUT2D eigenvalue weighted by Gasteiger charge is 2.25. The minimum Gasteiger partial charge on any atom is -0.462 e. The Morgan fingerprint density at radius 3 is 2.42 bits per heavy atom. The van der Waals surface area contributed by atoms with E-state index in [-0.39, 0.29) is 24.4 Å². The van der Waals surface area contributed by atoms with E-state index in [1.54, 1.807) is 31.2 Å². The number of esters is 1. The highest BCUT2D eigenvalue weighted by Crippen LogP contribution is 2.23. The average Bonchev–Trinajstić information content (AvgIpc) is 2.63. The molecule has 0 saturated carbocycles. The highest BCUT2D eigenvalue weighted by atomic mass is 16.5. The minimum atomic E-state index is -0.651. The molecule has 0 aliphatic carbocycles. The molecule has 0 radical (unpaired) electrons. The zero-order valence-corrected chi connectivity index (χ0v) is 14.0. The van der Waals surface area contributed by atoms with Crippen LogP contribution in [-0.2, 0) is 9.53 Å².